The van der Waals surface area contributed by atoms with Gasteiger partial charge in [0.1, 0.15) is 18.1 Å². The molecule has 0 aliphatic rings. The molecule has 3 rings (SSSR count). The number of ether oxygens (including phenoxy) is 3. The average molecular weight is 482 g/mol. The Morgan fingerprint density at radius 2 is 1.83 bits per heavy atom. The van der Waals surface area contributed by atoms with E-state index in [-0.39, 0.29) is 11.9 Å². The Kier molecular flexibility index (Phi) is 9.14. The molecule has 8 nitrogen and oxygen atoms in total. The Bertz CT molecular complexity index is 1100. The van der Waals surface area contributed by atoms with E-state index in [1.165, 1.54) is 0 Å². The molecule has 2 aromatic carbocycles. The minimum Gasteiger partial charge on any atom is -0.497 e. The first kappa shape index (κ1) is 26.1. The highest BCUT2D eigenvalue weighted by Crippen LogP contribution is 2.30. The van der Waals surface area contributed by atoms with E-state index >= 15 is 0 Å². The number of nitrogens with zero attached hydrogens (tertiary/aromatic N) is 2. The number of likely N-dealkylation sites (N-methyl/N-ethyl adjacent to an activating group) is 1. The summed E-state index contributed by atoms with van der Waals surface area (Å²) in [6, 6.07) is 13.2. The molecule has 1 heterocycles. The summed E-state index contributed by atoms with van der Waals surface area (Å²) in [4.78, 5) is 15.4. The van der Waals surface area contributed by atoms with Gasteiger partial charge in [0.25, 0.3) is 5.91 Å². The van der Waals surface area contributed by atoms with Crippen molar-refractivity contribution in [1.29, 1.82) is 0 Å². The number of aryl methyl sites for hydroxylation is 2. The minimum absolute atomic E-state index is 0.0172. The van der Waals surface area contributed by atoms with E-state index in [0.29, 0.717) is 30.2 Å². The third kappa shape index (κ3) is 6.33. The predicted molar refractivity (Wildman–Crippen MR) is 134 cm³/mol. The van der Waals surface area contributed by atoms with Gasteiger partial charge in [-0.05, 0) is 62.8 Å². The first-order valence-corrected chi connectivity index (χ1v) is 11.8. The molecule has 188 valence electrons. The summed E-state index contributed by atoms with van der Waals surface area (Å²) in [7, 11) is 3.21. The fourth-order valence-electron chi connectivity index (χ4n) is 4.05. The standard InChI is InChI=1S/C27H35N3O5/c1-7-30(8-2)24(20-10-9-11-22(14-20)32-5)16-28-27(31)21-12-13-25(26(15-21)33-6)34-17-23-18(3)29-35-19(23)4/h9-15,24H,7-8,16-17H2,1-6H3,(H,28,31). The van der Waals surface area contributed by atoms with Gasteiger partial charge >= 0.3 is 0 Å². The summed E-state index contributed by atoms with van der Waals surface area (Å²) < 4.78 is 22.0. The summed E-state index contributed by atoms with van der Waals surface area (Å²) in [5, 5.41) is 7.04. The van der Waals surface area contributed by atoms with Crippen LogP contribution in [0.25, 0.3) is 0 Å². The number of benzene rings is 2. The van der Waals surface area contributed by atoms with Gasteiger partial charge in [0, 0.05) is 12.1 Å². The fraction of sp³-hybridized carbons (Fsp3) is 0.407. The molecule has 1 aromatic heterocycles. The lowest BCUT2D eigenvalue weighted by atomic mass is 10.0. The average Bonchev–Trinajstić information content (AvgIpc) is 3.21. The normalized spacial score (nSPS) is 11.9. The van der Waals surface area contributed by atoms with Crippen LogP contribution in [-0.4, -0.2) is 49.8 Å². The molecule has 8 heteroatoms. The quantitative estimate of drug-likeness (QED) is 0.401. The zero-order valence-corrected chi connectivity index (χ0v) is 21.4. The van der Waals surface area contributed by atoms with Crippen molar-refractivity contribution >= 4 is 5.91 Å². The predicted octanol–water partition coefficient (Wildman–Crippen LogP) is 4.70. The maximum absolute atomic E-state index is 13.0. The maximum Gasteiger partial charge on any atom is 0.251 e. The van der Waals surface area contributed by atoms with Gasteiger partial charge in [-0.3, -0.25) is 9.69 Å². The monoisotopic (exact) mass is 481 g/mol. The molecule has 0 saturated carbocycles. The highest BCUT2D eigenvalue weighted by atomic mass is 16.5. The summed E-state index contributed by atoms with van der Waals surface area (Å²) in [5.41, 5.74) is 3.27. The second-order valence-corrected chi connectivity index (χ2v) is 8.18. The molecule has 35 heavy (non-hydrogen) atoms. The van der Waals surface area contributed by atoms with Crippen molar-refractivity contribution in [2.24, 2.45) is 0 Å². The SMILES string of the molecule is CCN(CC)C(CNC(=O)c1ccc(OCc2c(C)noc2C)c(OC)c1)c1cccc(OC)c1. The third-order valence-electron chi connectivity index (χ3n) is 6.17. The van der Waals surface area contributed by atoms with Crippen molar-refractivity contribution in [2.75, 3.05) is 33.9 Å². The lowest BCUT2D eigenvalue weighted by molar-refractivity contribution is 0.0934. The second kappa shape index (κ2) is 12.3. The summed E-state index contributed by atoms with van der Waals surface area (Å²) >= 11 is 0. The van der Waals surface area contributed by atoms with E-state index in [1.54, 1.807) is 32.4 Å². The van der Waals surface area contributed by atoms with E-state index in [9.17, 15) is 4.79 Å². The summed E-state index contributed by atoms with van der Waals surface area (Å²) in [6.07, 6.45) is 0. The summed E-state index contributed by atoms with van der Waals surface area (Å²) in [6.45, 7) is 10.4. The molecule has 0 saturated heterocycles. The molecular formula is C27H35N3O5. The van der Waals surface area contributed by atoms with Crippen LogP contribution in [0, 0.1) is 13.8 Å². The van der Waals surface area contributed by atoms with Crippen LogP contribution in [0.3, 0.4) is 0 Å². The van der Waals surface area contributed by atoms with Gasteiger partial charge in [-0.2, -0.15) is 0 Å². The number of amides is 1. The Balaban J connectivity index is 1.72. The molecule has 0 fully saturated rings. The van der Waals surface area contributed by atoms with E-state index < -0.39 is 0 Å². The minimum atomic E-state index is -0.180. The number of methoxy groups -OCH3 is 2. The molecule has 1 N–H and O–H groups in total. The van der Waals surface area contributed by atoms with Gasteiger partial charge in [-0.15, -0.1) is 0 Å². The van der Waals surface area contributed by atoms with Gasteiger partial charge in [-0.25, -0.2) is 0 Å². The molecule has 0 aliphatic carbocycles. The molecule has 3 aromatic rings. The highest BCUT2D eigenvalue weighted by molar-refractivity contribution is 5.94. The van der Waals surface area contributed by atoms with E-state index in [1.807, 2.05) is 32.0 Å². The van der Waals surface area contributed by atoms with Crippen LogP contribution in [0.5, 0.6) is 17.2 Å². The fourth-order valence-corrected chi connectivity index (χ4v) is 4.05. The zero-order valence-electron chi connectivity index (χ0n) is 21.4. The topological polar surface area (TPSA) is 86.1 Å². The van der Waals surface area contributed by atoms with E-state index in [0.717, 1.165) is 41.4 Å². The zero-order chi connectivity index (χ0) is 25.4. The molecule has 0 radical (unpaired) electrons. The Labute approximate surface area is 207 Å². The van der Waals surface area contributed by atoms with Crippen LogP contribution >= 0.6 is 0 Å². The number of rotatable bonds is 12. The van der Waals surface area contributed by atoms with Gasteiger partial charge in [0.2, 0.25) is 0 Å². The first-order chi connectivity index (χ1) is 16.9. The van der Waals surface area contributed by atoms with E-state index in [4.69, 9.17) is 18.7 Å². The number of carbonyl (C=O) groups is 1. The van der Waals surface area contributed by atoms with Crippen LogP contribution < -0.4 is 19.5 Å². The summed E-state index contributed by atoms with van der Waals surface area (Å²) in [5.74, 6) is 2.36. The number of nitrogens with one attached hydrogen (secondary N) is 1. The van der Waals surface area contributed by atoms with E-state index in [2.05, 4.69) is 35.3 Å². The Hall–Kier alpha value is -3.52. The smallest absolute Gasteiger partial charge is 0.251 e. The van der Waals surface area contributed by atoms with Crippen molar-refractivity contribution in [3.05, 3.63) is 70.6 Å². The number of aromatic nitrogens is 1. The number of hydrogen-bond donors (Lipinski definition) is 1. The van der Waals surface area contributed by atoms with Gasteiger partial charge in [0.15, 0.2) is 11.5 Å². The van der Waals surface area contributed by atoms with Crippen LogP contribution in [0.15, 0.2) is 47.0 Å². The maximum atomic E-state index is 13.0. The molecule has 1 atom stereocenters. The van der Waals surface area contributed by atoms with Gasteiger partial charge < -0.3 is 24.1 Å². The molecular weight excluding hydrogens is 446 g/mol. The molecule has 0 spiro atoms. The second-order valence-electron chi connectivity index (χ2n) is 8.18. The molecule has 0 aliphatic heterocycles. The lowest BCUT2D eigenvalue weighted by Crippen LogP contribution is -2.38. The van der Waals surface area contributed by atoms with Crippen molar-refractivity contribution in [2.45, 2.75) is 40.3 Å². The largest absolute Gasteiger partial charge is 0.497 e. The first-order valence-electron chi connectivity index (χ1n) is 11.8. The van der Waals surface area contributed by atoms with Crippen molar-refractivity contribution in [3.63, 3.8) is 0 Å². The van der Waals surface area contributed by atoms with Crippen LogP contribution in [-0.2, 0) is 6.61 Å². The Morgan fingerprint density at radius 1 is 1.06 bits per heavy atom. The van der Waals surface area contributed by atoms with Crippen LogP contribution in [0.2, 0.25) is 0 Å². The third-order valence-corrected chi connectivity index (χ3v) is 6.17. The number of hydrogen-bond acceptors (Lipinski definition) is 7. The van der Waals surface area contributed by atoms with Crippen molar-refractivity contribution < 1.29 is 23.5 Å². The van der Waals surface area contributed by atoms with Crippen molar-refractivity contribution in [1.82, 2.24) is 15.4 Å². The molecule has 0 bridgehead atoms. The van der Waals surface area contributed by atoms with Crippen molar-refractivity contribution in [3.8, 4) is 17.2 Å². The Morgan fingerprint density at radius 3 is 2.46 bits per heavy atom. The van der Waals surface area contributed by atoms with Crippen LogP contribution in [0.1, 0.15) is 52.8 Å². The highest BCUT2D eigenvalue weighted by Gasteiger charge is 2.21. The molecule has 1 amide bonds. The number of carbonyl (C=O) groups excluding carboxylic acids is 1. The lowest BCUT2D eigenvalue weighted by Gasteiger charge is -2.30. The van der Waals surface area contributed by atoms with Crippen LogP contribution in [0.4, 0.5) is 0 Å². The van der Waals surface area contributed by atoms with Gasteiger partial charge in [-0.1, -0.05) is 31.1 Å². The van der Waals surface area contributed by atoms with Gasteiger partial charge in [0.05, 0.1) is 31.5 Å². The molecule has 1 unspecified atom stereocenters.